The van der Waals surface area contributed by atoms with Gasteiger partial charge in [0, 0.05) is 28.3 Å². The third kappa shape index (κ3) is 12.3. The van der Waals surface area contributed by atoms with Crippen molar-refractivity contribution >= 4 is 23.5 Å². The Bertz CT molecular complexity index is 1960. The van der Waals surface area contributed by atoms with E-state index in [2.05, 4.69) is 37.6 Å². The fourth-order valence-electron chi connectivity index (χ4n) is 4.98. The van der Waals surface area contributed by atoms with Gasteiger partial charge in [-0.05, 0) is 97.5 Å². The molecule has 0 fully saturated rings. The summed E-state index contributed by atoms with van der Waals surface area (Å²) < 4.78 is 26.2. The van der Waals surface area contributed by atoms with Crippen LogP contribution in [0, 0.1) is 11.8 Å². The normalized spacial score (nSPS) is 10.7. The second-order valence-electron chi connectivity index (χ2n) is 13.3. The van der Waals surface area contributed by atoms with Crippen molar-refractivity contribution in [1.29, 1.82) is 0 Å². The highest BCUT2D eigenvalue weighted by atomic mass is 16.5. The number of hydrogen-bond donors (Lipinski definition) is 0. The van der Waals surface area contributed by atoms with Crippen molar-refractivity contribution < 1.29 is 42.6 Å². The third-order valence-corrected chi connectivity index (χ3v) is 8.30. The maximum atomic E-state index is 12.3. The lowest BCUT2D eigenvalue weighted by molar-refractivity contribution is 0.0592. The monoisotopic (exact) mass is 733 g/mol. The number of aromatic nitrogens is 1. The molecule has 0 aliphatic carbocycles. The number of Topliss-reactive ketones (excluding diaryl/α,β-unsaturated/α-hetero) is 2. The Morgan fingerprint density at radius 1 is 0.556 bits per heavy atom. The van der Waals surface area contributed by atoms with Gasteiger partial charge in [0.1, 0.15) is 17.2 Å². The van der Waals surface area contributed by atoms with Crippen LogP contribution in [0.25, 0.3) is 22.6 Å². The van der Waals surface area contributed by atoms with Crippen LogP contribution in [0.1, 0.15) is 88.4 Å². The molecule has 10 heteroatoms. The topological polar surface area (TPSA) is 131 Å². The zero-order chi connectivity index (χ0) is 39.0. The van der Waals surface area contributed by atoms with Gasteiger partial charge in [0.05, 0.1) is 45.0 Å². The van der Waals surface area contributed by atoms with Crippen molar-refractivity contribution in [1.82, 2.24) is 5.16 Å². The number of ether oxygens (including phenoxy) is 4. The molecule has 0 unspecified atom stereocenters. The molecule has 0 aliphatic heterocycles. The van der Waals surface area contributed by atoms with E-state index in [1.54, 1.807) is 36.4 Å². The van der Waals surface area contributed by atoms with E-state index in [1.807, 2.05) is 42.5 Å². The zero-order valence-electron chi connectivity index (χ0n) is 31.6. The van der Waals surface area contributed by atoms with Gasteiger partial charge < -0.3 is 23.5 Å². The summed E-state index contributed by atoms with van der Waals surface area (Å²) in [5.74, 6) is 2.03. The van der Waals surface area contributed by atoms with Crippen molar-refractivity contribution in [2.75, 3.05) is 27.4 Å². The summed E-state index contributed by atoms with van der Waals surface area (Å²) in [6.45, 7) is 9.96. The minimum atomic E-state index is -0.472. The Morgan fingerprint density at radius 3 is 1.39 bits per heavy atom. The number of carbonyl (C=O) groups is 4. The van der Waals surface area contributed by atoms with Gasteiger partial charge in [-0.2, -0.15) is 0 Å². The molecule has 0 bridgehead atoms. The molecule has 0 aliphatic rings. The number of rotatable bonds is 16. The van der Waals surface area contributed by atoms with Gasteiger partial charge in [0.15, 0.2) is 17.3 Å². The van der Waals surface area contributed by atoms with Gasteiger partial charge in [-0.25, -0.2) is 9.59 Å². The van der Waals surface area contributed by atoms with Crippen LogP contribution in [0.15, 0.2) is 108 Å². The number of methoxy groups -OCH3 is 2. The average Bonchev–Trinajstić information content (AvgIpc) is 3.68. The van der Waals surface area contributed by atoms with E-state index in [9.17, 15) is 19.2 Å². The second-order valence-corrected chi connectivity index (χ2v) is 13.3. The van der Waals surface area contributed by atoms with Gasteiger partial charge in [0.2, 0.25) is 0 Å². The van der Waals surface area contributed by atoms with Crippen LogP contribution in [-0.2, 0) is 9.47 Å². The van der Waals surface area contributed by atoms with Crippen molar-refractivity contribution in [3.05, 3.63) is 125 Å². The zero-order valence-corrected chi connectivity index (χ0v) is 31.6. The van der Waals surface area contributed by atoms with Crippen molar-refractivity contribution in [2.24, 2.45) is 11.8 Å². The average molecular weight is 734 g/mol. The molecule has 0 N–H and O–H groups in total. The van der Waals surface area contributed by atoms with Crippen LogP contribution in [0.3, 0.4) is 0 Å². The number of carbonyl (C=O) groups excluding carboxylic acids is 4. The highest BCUT2D eigenvalue weighted by molar-refractivity contribution is 6.13. The lowest BCUT2D eigenvalue weighted by Crippen LogP contribution is -2.09. The Labute approximate surface area is 316 Å². The molecule has 0 saturated heterocycles. The molecule has 1 aromatic heterocycles. The summed E-state index contributed by atoms with van der Waals surface area (Å²) in [6.07, 6.45) is 1.76. The molecule has 54 heavy (non-hydrogen) atoms. The van der Waals surface area contributed by atoms with E-state index < -0.39 is 5.97 Å². The number of hydrogen-bond acceptors (Lipinski definition) is 10. The first kappa shape index (κ1) is 40.7. The van der Waals surface area contributed by atoms with Crippen LogP contribution in [0.5, 0.6) is 11.5 Å². The standard InChI is InChI=1S/C22H23NO4.C22H24O5/c1-15(2)12-13-26-19-10-8-17(9-11-19)21-14-20(23-27-21)16-4-6-18(7-5-16)22(24)25-3;1-15(2)12-13-27-19-10-8-17(9-11-19)21(24)14-20(23)16-4-6-18(7-5-16)22(25)26-3/h4-11,14-15H,12-13H2,1-3H3;4-11,15H,12-14H2,1-3H3. The number of nitrogens with zero attached hydrogens (tertiary/aromatic N) is 1. The molecule has 282 valence electrons. The molecule has 0 spiro atoms. The highest BCUT2D eigenvalue weighted by Gasteiger charge is 2.15. The summed E-state index contributed by atoms with van der Waals surface area (Å²) in [5.41, 5.74) is 4.20. The van der Waals surface area contributed by atoms with Crippen molar-refractivity contribution in [3.8, 4) is 34.1 Å². The summed E-state index contributed by atoms with van der Waals surface area (Å²) in [5, 5.41) is 4.13. The van der Waals surface area contributed by atoms with Gasteiger partial charge in [-0.15, -0.1) is 0 Å². The Morgan fingerprint density at radius 2 is 0.944 bits per heavy atom. The maximum absolute atomic E-state index is 12.3. The SMILES string of the molecule is COC(=O)c1ccc(-c2cc(-c3ccc(OCCC(C)C)cc3)on2)cc1.COC(=O)c1ccc(C(=O)CC(=O)c2ccc(OCCC(C)C)cc2)cc1. The minimum Gasteiger partial charge on any atom is -0.494 e. The van der Waals surface area contributed by atoms with Crippen LogP contribution in [-0.4, -0.2) is 56.1 Å². The van der Waals surface area contributed by atoms with Gasteiger partial charge in [0.25, 0.3) is 0 Å². The van der Waals surface area contributed by atoms with E-state index in [0.29, 0.717) is 64.5 Å². The molecular formula is C44H47NO9. The summed E-state index contributed by atoms with van der Waals surface area (Å²) >= 11 is 0. The molecule has 4 aromatic carbocycles. The Balaban J connectivity index is 0.000000241. The molecule has 5 rings (SSSR count). The smallest absolute Gasteiger partial charge is 0.337 e. The van der Waals surface area contributed by atoms with E-state index in [0.717, 1.165) is 29.7 Å². The number of benzene rings is 4. The fraction of sp³-hybridized carbons (Fsp3) is 0.295. The largest absolute Gasteiger partial charge is 0.494 e. The van der Waals surface area contributed by atoms with Crippen LogP contribution in [0.4, 0.5) is 0 Å². The first-order chi connectivity index (χ1) is 26.0. The molecule has 5 aromatic rings. The lowest BCUT2D eigenvalue weighted by Gasteiger charge is -2.08. The van der Waals surface area contributed by atoms with E-state index in [-0.39, 0.29) is 24.0 Å². The maximum Gasteiger partial charge on any atom is 0.337 e. The van der Waals surface area contributed by atoms with Crippen LogP contribution >= 0.6 is 0 Å². The van der Waals surface area contributed by atoms with Gasteiger partial charge in [-0.3, -0.25) is 9.59 Å². The molecule has 0 radical (unpaired) electrons. The molecular weight excluding hydrogens is 686 g/mol. The minimum absolute atomic E-state index is 0.231. The van der Waals surface area contributed by atoms with Gasteiger partial charge >= 0.3 is 11.9 Å². The molecule has 0 atom stereocenters. The van der Waals surface area contributed by atoms with E-state index in [4.69, 9.17) is 18.7 Å². The van der Waals surface area contributed by atoms with Gasteiger partial charge in [-0.1, -0.05) is 57.1 Å². The first-order valence-electron chi connectivity index (χ1n) is 17.8. The van der Waals surface area contributed by atoms with Crippen molar-refractivity contribution in [2.45, 2.75) is 47.0 Å². The fourth-order valence-corrected chi connectivity index (χ4v) is 4.98. The second kappa shape index (κ2) is 20.3. The first-order valence-corrected chi connectivity index (χ1v) is 17.8. The molecule has 0 amide bonds. The Hall–Kier alpha value is -6.03. The Kier molecular flexibility index (Phi) is 15.3. The summed E-state index contributed by atoms with van der Waals surface area (Å²) in [7, 11) is 2.65. The predicted octanol–water partition coefficient (Wildman–Crippen LogP) is 9.57. The van der Waals surface area contributed by atoms with Crippen LogP contribution < -0.4 is 9.47 Å². The summed E-state index contributed by atoms with van der Waals surface area (Å²) in [4.78, 5) is 47.5. The lowest BCUT2D eigenvalue weighted by atomic mass is 10.0. The quantitative estimate of drug-likeness (QED) is 0.0549. The summed E-state index contributed by atoms with van der Waals surface area (Å²) in [6, 6.07) is 29.6. The predicted molar refractivity (Wildman–Crippen MR) is 206 cm³/mol. The molecule has 1 heterocycles. The number of esters is 2. The van der Waals surface area contributed by atoms with Crippen LogP contribution in [0.2, 0.25) is 0 Å². The van der Waals surface area contributed by atoms with Crippen molar-refractivity contribution in [3.63, 3.8) is 0 Å². The highest BCUT2D eigenvalue weighted by Crippen LogP contribution is 2.28. The third-order valence-electron chi connectivity index (χ3n) is 8.30. The van der Waals surface area contributed by atoms with E-state index in [1.165, 1.54) is 38.5 Å². The molecule has 0 saturated carbocycles. The number of ketones is 2. The molecule has 10 nitrogen and oxygen atoms in total. The van der Waals surface area contributed by atoms with E-state index >= 15 is 0 Å².